The molecule has 22 heavy (non-hydrogen) atoms. The number of aliphatic imine (C=N–C) groups is 2. The second-order valence-corrected chi connectivity index (χ2v) is 4.59. The number of aromatic nitrogens is 2. The van der Waals surface area contributed by atoms with Gasteiger partial charge in [0.15, 0.2) is 0 Å². The lowest BCUT2D eigenvalue weighted by Crippen LogP contribution is -1.84. The van der Waals surface area contributed by atoms with Crippen molar-refractivity contribution in [2.75, 3.05) is 0 Å². The fourth-order valence-electron chi connectivity index (χ4n) is 1.83. The molecule has 0 aliphatic carbocycles. The number of hydrogen-bond acceptors (Lipinski definition) is 4. The van der Waals surface area contributed by atoms with Crippen molar-refractivity contribution in [3.8, 4) is 0 Å². The molecule has 0 bridgehead atoms. The van der Waals surface area contributed by atoms with Crippen LogP contribution in [0.3, 0.4) is 0 Å². The second kappa shape index (κ2) is 7.04. The van der Waals surface area contributed by atoms with Crippen molar-refractivity contribution in [1.82, 2.24) is 9.97 Å². The van der Waals surface area contributed by atoms with Gasteiger partial charge in [0.2, 0.25) is 0 Å². The van der Waals surface area contributed by atoms with Gasteiger partial charge in [0.25, 0.3) is 0 Å². The van der Waals surface area contributed by atoms with Crippen LogP contribution in [0.15, 0.2) is 83.3 Å². The highest BCUT2D eigenvalue weighted by atomic mass is 14.7. The molecule has 4 nitrogen and oxygen atoms in total. The summed E-state index contributed by atoms with van der Waals surface area (Å²) in [6.45, 7) is 0. The van der Waals surface area contributed by atoms with E-state index in [1.54, 1.807) is 24.8 Å². The first kappa shape index (κ1) is 13.8. The summed E-state index contributed by atoms with van der Waals surface area (Å²) in [4.78, 5) is 16.7. The maximum atomic E-state index is 4.39. The number of hydrogen-bond donors (Lipinski definition) is 0. The van der Waals surface area contributed by atoms with E-state index >= 15 is 0 Å². The summed E-state index contributed by atoms with van der Waals surface area (Å²) >= 11 is 0. The Hall–Kier alpha value is -3.14. The van der Waals surface area contributed by atoms with Crippen LogP contribution in [-0.4, -0.2) is 22.4 Å². The van der Waals surface area contributed by atoms with Crippen LogP contribution < -0.4 is 0 Å². The van der Waals surface area contributed by atoms with Crippen molar-refractivity contribution in [3.05, 3.63) is 84.4 Å². The molecule has 0 saturated carbocycles. The third-order valence-corrected chi connectivity index (χ3v) is 2.99. The average molecular weight is 286 g/mol. The molecule has 0 spiro atoms. The fourth-order valence-corrected chi connectivity index (χ4v) is 1.83. The van der Waals surface area contributed by atoms with Crippen molar-refractivity contribution < 1.29 is 0 Å². The van der Waals surface area contributed by atoms with Crippen molar-refractivity contribution in [2.45, 2.75) is 0 Å². The summed E-state index contributed by atoms with van der Waals surface area (Å²) in [7, 11) is 0. The van der Waals surface area contributed by atoms with Crippen LogP contribution in [0.1, 0.15) is 11.1 Å². The van der Waals surface area contributed by atoms with Crippen LogP contribution in [0, 0.1) is 0 Å². The molecule has 3 rings (SSSR count). The minimum absolute atomic E-state index is 0.887. The van der Waals surface area contributed by atoms with Gasteiger partial charge < -0.3 is 0 Å². The van der Waals surface area contributed by atoms with Gasteiger partial charge in [0.05, 0.1) is 11.4 Å². The summed E-state index contributed by atoms with van der Waals surface area (Å²) in [5.41, 5.74) is 3.85. The predicted molar refractivity (Wildman–Crippen MR) is 89.4 cm³/mol. The first-order chi connectivity index (χ1) is 10.9. The molecule has 1 aromatic carbocycles. The Bertz CT molecular complexity index is 695. The predicted octanol–water partition coefficient (Wildman–Crippen LogP) is 3.98. The number of benzene rings is 1. The summed E-state index contributed by atoms with van der Waals surface area (Å²) < 4.78 is 0. The van der Waals surface area contributed by atoms with Crippen LogP contribution in [0.5, 0.6) is 0 Å². The average Bonchev–Trinajstić information content (AvgIpc) is 2.61. The normalized spacial score (nSPS) is 11.3. The highest BCUT2D eigenvalue weighted by molar-refractivity contribution is 5.86. The Labute approximate surface area is 129 Å². The molecule has 0 radical (unpaired) electrons. The molecule has 3 aromatic rings. The Morgan fingerprint density at radius 3 is 1.27 bits per heavy atom. The monoisotopic (exact) mass is 286 g/mol. The van der Waals surface area contributed by atoms with Crippen LogP contribution in [0.25, 0.3) is 0 Å². The molecule has 0 unspecified atom stereocenters. The highest BCUT2D eigenvalue weighted by Gasteiger charge is 1.91. The quantitative estimate of drug-likeness (QED) is 0.681. The lowest BCUT2D eigenvalue weighted by Gasteiger charge is -1.96. The Kier molecular flexibility index (Phi) is 4.42. The summed E-state index contributed by atoms with van der Waals surface area (Å²) in [5.74, 6) is 0. The molecule has 0 N–H and O–H groups in total. The molecule has 4 heteroatoms. The van der Waals surface area contributed by atoms with Crippen molar-refractivity contribution >= 4 is 23.8 Å². The molecule has 0 aliphatic rings. The van der Waals surface area contributed by atoms with Gasteiger partial charge in [-0.15, -0.1) is 0 Å². The Morgan fingerprint density at radius 1 is 0.545 bits per heavy atom. The molecular weight excluding hydrogens is 272 g/mol. The molecule has 2 heterocycles. The van der Waals surface area contributed by atoms with E-state index in [4.69, 9.17) is 0 Å². The largest absolute Gasteiger partial charge is 0.265 e. The smallest absolute Gasteiger partial charge is 0.0660 e. The van der Waals surface area contributed by atoms with Crippen molar-refractivity contribution in [1.29, 1.82) is 0 Å². The molecule has 0 atom stereocenters. The first-order valence-corrected chi connectivity index (χ1v) is 6.88. The molecule has 0 fully saturated rings. The van der Waals surface area contributed by atoms with Crippen LogP contribution in [-0.2, 0) is 0 Å². The van der Waals surface area contributed by atoms with Gasteiger partial charge in [-0.3, -0.25) is 20.0 Å². The summed E-state index contributed by atoms with van der Waals surface area (Å²) in [5, 5.41) is 0. The zero-order valence-corrected chi connectivity index (χ0v) is 11.9. The molecule has 106 valence electrons. The summed E-state index contributed by atoms with van der Waals surface area (Å²) in [6, 6.07) is 15.5. The number of pyridine rings is 2. The van der Waals surface area contributed by atoms with Crippen molar-refractivity contribution in [3.63, 3.8) is 0 Å². The zero-order valence-electron chi connectivity index (χ0n) is 11.9. The third kappa shape index (κ3) is 3.93. The van der Waals surface area contributed by atoms with Gasteiger partial charge in [0, 0.05) is 37.2 Å². The second-order valence-electron chi connectivity index (χ2n) is 4.59. The number of rotatable bonds is 4. The van der Waals surface area contributed by atoms with Gasteiger partial charge in [-0.2, -0.15) is 0 Å². The molecular formula is C18H14N4. The first-order valence-electron chi connectivity index (χ1n) is 6.88. The maximum absolute atomic E-state index is 4.39. The molecule has 0 aliphatic heterocycles. The van der Waals surface area contributed by atoms with E-state index < -0.39 is 0 Å². The van der Waals surface area contributed by atoms with Crippen LogP contribution >= 0.6 is 0 Å². The van der Waals surface area contributed by atoms with Crippen LogP contribution in [0.4, 0.5) is 11.4 Å². The maximum Gasteiger partial charge on any atom is 0.0660 e. The molecule has 2 aromatic heterocycles. The minimum Gasteiger partial charge on any atom is -0.265 e. The van der Waals surface area contributed by atoms with Gasteiger partial charge in [-0.1, -0.05) is 24.3 Å². The standard InChI is InChI=1S/C18H14N4/c1-2-16(14-22-18-7-11-20-12-8-18)4-3-15(1)13-21-17-5-9-19-10-6-17/h1-14H/b21-13+,22-14+. The third-order valence-electron chi connectivity index (χ3n) is 2.99. The van der Waals surface area contributed by atoms with Gasteiger partial charge >= 0.3 is 0 Å². The van der Waals surface area contributed by atoms with E-state index in [1.165, 1.54) is 0 Å². The van der Waals surface area contributed by atoms with Crippen LogP contribution in [0.2, 0.25) is 0 Å². The van der Waals surface area contributed by atoms with Gasteiger partial charge in [-0.25, -0.2) is 0 Å². The Balaban J connectivity index is 1.68. The lowest BCUT2D eigenvalue weighted by molar-refractivity contribution is 1.31. The highest BCUT2D eigenvalue weighted by Crippen LogP contribution is 2.10. The van der Waals surface area contributed by atoms with E-state index in [-0.39, 0.29) is 0 Å². The zero-order chi connectivity index (χ0) is 15.0. The SMILES string of the molecule is C(=N\c1ccncc1)/c1ccc(/C=N/c2ccncc2)cc1. The molecule has 0 saturated heterocycles. The van der Waals surface area contributed by atoms with Crippen molar-refractivity contribution in [2.24, 2.45) is 9.98 Å². The van der Waals surface area contributed by atoms with E-state index in [0.717, 1.165) is 22.5 Å². The topological polar surface area (TPSA) is 50.5 Å². The van der Waals surface area contributed by atoms with E-state index in [9.17, 15) is 0 Å². The van der Waals surface area contributed by atoms with E-state index in [1.807, 2.05) is 61.0 Å². The Morgan fingerprint density at radius 2 is 0.909 bits per heavy atom. The fraction of sp³-hybridized carbons (Fsp3) is 0. The van der Waals surface area contributed by atoms with Gasteiger partial charge in [0.1, 0.15) is 0 Å². The van der Waals surface area contributed by atoms with Gasteiger partial charge in [-0.05, 0) is 35.4 Å². The van der Waals surface area contributed by atoms with E-state index in [2.05, 4.69) is 20.0 Å². The number of nitrogens with zero attached hydrogens (tertiary/aromatic N) is 4. The molecule has 0 amide bonds. The lowest BCUT2D eigenvalue weighted by atomic mass is 10.1. The summed E-state index contributed by atoms with van der Waals surface area (Å²) in [6.07, 6.45) is 10.6. The van der Waals surface area contributed by atoms with E-state index in [0.29, 0.717) is 0 Å². The minimum atomic E-state index is 0.887.